The number of hydrogen-bond donors (Lipinski definition) is 0. The summed E-state index contributed by atoms with van der Waals surface area (Å²) in [6.45, 7) is 3.60. The Balaban J connectivity index is 1.87. The number of rotatable bonds is 6. The third-order valence-corrected chi connectivity index (χ3v) is 4.58. The van der Waals surface area contributed by atoms with Crippen molar-refractivity contribution in [1.82, 2.24) is 0 Å². The van der Waals surface area contributed by atoms with E-state index in [1.165, 1.54) is 0 Å². The van der Waals surface area contributed by atoms with E-state index in [9.17, 15) is 9.59 Å². The second-order valence-electron chi connectivity index (χ2n) is 6.03. The van der Waals surface area contributed by atoms with Crippen molar-refractivity contribution in [2.75, 3.05) is 20.3 Å². The molecule has 28 heavy (non-hydrogen) atoms. The Morgan fingerprint density at radius 3 is 2.75 bits per heavy atom. The summed E-state index contributed by atoms with van der Waals surface area (Å²) >= 11 is 3.41. The number of ether oxygens (including phenoxy) is 4. The van der Waals surface area contributed by atoms with Crippen molar-refractivity contribution in [3.05, 3.63) is 57.3 Å². The summed E-state index contributed by atoms with van der Waals surface area (Å²) in [5.41, 5.74) is 1.89. The van der Waals surface area contributed by atoms with Crippen LogP contribution in [0.25, 0.3) is 6.08 Å². The third kappa shape index (κ3) is 4.20. The first-order chi connectivity index (χ1) is 13.4. The Bertz CT molecular complexity index is 964. The zero-order chi connectivity index (χ0) is 20.3. The average Bonchev–Trinajstić information content (AvgIpc) is 2.96. The van der Waals surface area contributed by atoms with E-state index < -0.39 is 5.97 Å². The highest BCUT2D eigenvalue weighted by Gasteiger charge is 2.30. The van der Waals surface area contributed by atoms with Crippen LogP contribution in [0.1, 0.15) is 28.4 Å². The number of methoxy groups -OCH3 is 1. The standard InChI is InChI=1S/C21H19BrO6/c1-4-26-19(23)11-27-15-7-12(2)20-17(10-15)28-18(21(20)24)9-13-8-14(22)5-6-16(13)25-3/h5-10H,4,11H2,1-3H3/b18-9-. The van der Waals surface area contributed by atoms with Gasteiger partial charge in [0.25, 0.3) is 0 Å². The molecule has 7 heteroatoms. The molecule has 0 aliphatic carbocycles. The number of carbonyl (C=O) groups is 2. The molecule has 3 rings (SSSR count). The molecule has 0 bridgehead atoms. The number of carbonyl (C=O) groups excluding carboxylic acids is 2. The monoisotopic (exact) mass is 446 g/mol. The summed E-state index contributed by atoms with van der Waals surface area (Å²) in [5, 5.41) is 0. The van der Waals surface area contributed by atoms with Gasteiger partial charge in [0, 0.05) is 16.1 Å². The van der Waals surface area contributed by atoms with Crippen LogP contribution in [-0.4, -0.2) is 32.1 Å². The van der Waals surface area contributed by atoms with Crippen molar-refractivity contribution in [2.45, 2.75) is 13.8 Å². The maximum Gasteiger partial charge on any atom is 0.344 e. The van der Waals surface area contributed by atoms with Crippen LogP contribution in [0.3, 0.4) is 0 Å². The van der Waals surface area contributed by atoms with Crippen molar-refractivity contribution < 1.29 is 28.5 Å². The minimum absolute atomic E-state index is 0.192. The highest BCUT2D eigenvalue weighted by atomic mass is 79.9. The number of allylic oxidation sites excluding steroid dienone is 1. The second kappa shape index (κ2) is 8.48. The van der Waals surface area contributed by atoms with E-state index in [2.05, 4.69) is 15.9 Å². The van der Waals surface area contributed by atoms with E-state index in [4.69, 9.17) is 18.9 Å². The largest absolute Gasteiger partial charge is 0.496 e. The van der Waals surface area contributed by atoms with Crippen LogP contribution in [0.15, 0.2) is 40.6 Å². The van der Waals surface area contributed by atoms with E-state index in [1.807, 2.05) is 12.1 Å². The molecule has 0 radical (unpaired) electrons. The molecule has 0 N–H and O–H groups in total. The lowest BCUT2D eigenvalue weighted by Gasteiger charge is -2.08. The molecule has 1 aliphatic heterocycles. The first-order valence-electron chi connectivity index (χ1n) is 8.63. The van der Waals surface area contributed by atoms with Gasteiger partial charge in [-0.05, 0) is 49.8 Å². The number of benzene rings is 2. The molecule has 1 aliphatic rings. The third-order valence-electron chi connectivity index (χ3n) is 4.08. The van der Waals surface area contributed by atoms with Gasteiger partial charge in [0.15, 0.2) is 12.4 Å². The zero-order valence-electron chi connectivity index (χ0n) is 15.7. The highest BCUT2D eigenvalue weighted by Crippen LogP contribution is 2.38. The Labute approximate surface area is 171 Å². The number of fused-ring (bicyclic) bond motifs is 1. The van der Waals surface area contributed by atoms with Crippen LogP contribution in [0.4, 0.5) is 0 Å². The number of hydrogen-bond acceptors (Lipinski definition) is 6. The van der Waals surface area contributed by atoms with Crippen molar-refractivity contribution in [3.8, 4) is 17.2 Å². The maximum atomic E-state index is 12.8. The number of esters is 1. The molecule has 0 amide bonds. The lowest BCUT2D eigenvalue weighted by atomic mass is 10.0. The molecule has 0 aromatic heterocycles. The smallest absolute Gasteiger partial charge is 0.344 e. The Morgan fingerprint density at radius 2 is 2.04 bits per heavy atom. The van der Waals surface area contributed by atoms with Crippen LogP contribution in [0.2, 0.25) is 0 Å². The summed E-state index contributed by atoms with van der Waals surface area (Å²) in [6.07, 6.45) is 1.64. The first kappa shape index (κ1) is 19.9. The minimum Gasteiger partial charge on any atom is -0.496 e. The van der Waals surface area contributed by atoms with E-state index in [0.717, 1.165) is 4.47 Å². The van der Waals surface area contributed by atoms with Crippen LogP contribution >= 0.6 is 15.9 Å². The van der Waals surface area contributed by atoms with E-state index in [1.54, 1.807) is 45.2 Å². The van der Waals surface area contributed by atoms with E-state index >= 15 is 0 Å². The number of aryl methyl sites for hydroxylation is 1. The van der Waals surface area contributed by atoms with Gasteiger partial charge in [-0.15, -0.1) is 0 Å². The van der Waals surface area contributed by atoms with E-state index in [0.29, 0.717) is 33.9 Å². The predicted molar refractivity (Wildman–Crippen MR) is 107 cm³/mol. The molecular weight excluding hydrogens is 428 g/mol. The van der Waals surface area contributed by atoms with Gasteiger partial charge < -0.3 is 18.9 Å². The summed E-state index contributed by atoms with van der Waals surface area (Å²) in [7, 11) is 1.56. The van der Waals surface area contributed by atoms with Crippen molar-refractivity contribution in [1.29, 1.82) is 0 Å². The lowest BCUT2D eigenvalue weighted by Crippen LogP contribution is -2.14. The normalized spacial score (nSPS) is 13.9. The maximum absolute atomic E-state index is 12.8. The van der Waals surface area contributed by atoms with Gasteiger partial charge in [-0.1, -0.05) is 15.9 Å². The molecule has 0 saturated heterocycles. The summed E-state index contributed by atoms with van der Waals surface area (Å²) in [4.78, 5) is 24.3. The van der Waals surface area contributed by atoms with E-state index in [-0.39, 0.29) is 24.8 Å². The van der Waals surface area contributed by atoms with Crippen molar-refractivity contribution in [3.63, 3.8) is 0 Å². The fourth-order valence-electron chi connectivity index (χ4n) is 2.86. The molecule has 0 saturated carbocycles. The fourth-order valence-corrected chi connectivity index (χ4v) is 3.24. The Morgan fingerprint density at radius 1 is 1.25 bits per heavy atom. The van der Waals surface area contributed by atoms with Crippen LogP contribution in [0.5, 0.6) is 17.2 Å². The molecule has 2 aromatic rings. The van der Waals surface area contributed by atoms with Gasteiger partial charge in [-0.25, -0.2) is 4.79 Å². The minimum atomic E-state index is -0.458. The Kier molecular flexibility index (Phi) is 6.04. The molecule has 146 valence electrons. The lowest BCUT2D eigenvalue weighted by molar-refractivity contribution is -0.145. The zero-order valence-corrected chi connectivity index (χ0v) is 17.3. The average molecular weight is 447 g/mol. The molecule has 2 aromatic carbocycles. The summed E-state index contributed by atoms with van der Waals surface area (Å²) in [5.74, 6) is 0.962. The van der Waals surface area contributed by atoms with Crippen LogP contribution in [0, 0.1) is 6.92 Å². The first-order valence-corrected chi connectivity index (χ1v) is 9.43. The van der Waals surface area contributed by atoms with Gasteiger partial charge in [0.2, 0.25) is 5.78 Å². The van der Waals surface area contributed by atoms with Gasteiger partial charge in [-0.2, -0.15) is 0 Å². The van der Waals surface area contributed by atoms with Gasteiger partial charge in [-0.3, -0.25) is 4.79 Å². The quantitative estimate of drug-likeness (QED) is 0.485. The highest BCUT2D eigenvalue weighted by molar-refractivity contribution is 9.10. The predicted octanol–water partition coefficient (Wildman–Crippen LogP) is 4.32. The van der Waals surface area contributed by atoms with Gasteiger partial charge in [0.05, 0.1) is 19.3 Å². The SMILES string of the molecule is CCOC(=O)COc1cc(C)c2c(c1)O/C(=C\c1cc(Br)ccc1OC)C2=O. The molecule has 0 unspecified atom stereocenters. The molecule has 6 nitrogen and oxygen atoms in total. The van der Waals surface area contributed by atoms with Crippen molar-refractivity contribution in [2.24, 2.45) is 0 Å². The fraction of sp³-hybridized carbons (Fsp3) is 0.238. The van der Waals surface area contributed by atoms with Crippen LogP contribution < -0.4 is 14.2 Å². The molecular formula is C21H19BrO6. The molecule has 0 spiro atoms. The van der Waals surface area contributed by atoms with Crippen LogP contribution in [-0.2, 0) is 9.53 Å². The van der Waals surface area contributed by atoms with Gasteiger partial charge in [0.1, 0.15) is 17.2 Å². The number of Topliss-reactive ketones (excluding diaryl/α,β-unsaturated/α-hetero) is 1. The van der Waals surface area contributed by atoms with Gasteiger partial charge >= 0.3 is 5.97 Å². The topological polar surface area (TPSA) is 71.1 Å². The molecule has 1 heterocycles. The molecule has 0 atom stereocenters. The summed E-state index contributed by atoms with van der Waals surface area (Å²) in [6, 6.07) is 8.78. The summed E-state index contributed by atoms with van der Waals surface area (Å²) < 4.78 is 22.3. The van der Waals surface area contributed by atoms with Crippen molar-refractivity contribution >= 4 is 33.8 Å². The second-order valence-corrected chi connectivity index (χ2v) is 6.95. The molecule has 0 fully saturated rings. The Hall–Kier alpha value is -2.80. The number of halogens is 1. The number of ketones is 1.